The minimum absolute atomic E-state index is 0.0279. The van der Waals surface area contributed by atoms with Crippen molar-refractivity contribution in [1.82, 2.24) is 18.7 Å². The summed E-state index contributed by atoms with van der Waals surface area (Å²) in [6, 6.07) is 14.9. The standard InChI is InChI=1S/C25H27N5O5/c31-25-28(13-14-29(25)20-7-11-23(12-8-20)35-22-3-1-2-4-22)19-5-9-21(10-6-19)34-16-15-27-17-24(26-18-27)30(32)33/h5-14,17-18,22,32-33H,1-4,15-16H2. The fourth-order valence-electron chi connectivity index (χ4n) is 4.20. The van der Waals surface area contributed by atoms with Crippen LogP contribution in [0, 0.1) is 0 Å². The zero-order chi connectivity index (χ0) is 24.2. The Bertz CT molecular complexity index is 1300. The highest BCUT2D eigenvalue weighted by atomic mass is 16.8. The Morgan fingerprint density at radius 1 is 0.914 bits per heavy atom. The van der Waals surface area contributed by atoms with Gasteiger partial charge in [0.05, 0.1) is 36.5 Å². The van der Waals surface area contributed by atoms with Gasteiger partial charge in [-0.1, -0.05) is 0 Å². The maximum atomic E-state index is 13.0. The van der Waals surface area contributed by atoms with E-state index in [-0.39, 0.29) is 16.7 Å². The van der Waals surface area contributed by atoms with Crippen LogP contribution >= 0.6 is 0 Å². The number of aromatic nitrogens is 4. The molecule has 0 saturated heterocycles. The number of hydrogen-bond acceptors (Lipinski definition) is 7. The van der Waals surface area contributed by atoms with Crippen molar-refractivity contribution in [3.63, 3.8) is 0 Å². The second-order valence-electron chi connectivity index (χ2n) is 8.44. The summed E-state index contributed by atoms with van der Waals surface area (Å²) in [4.78, 5) is 16.8. The van der Waals surface area contributed by atoms with E-state index in [1.54, 1.807) is 38.2 Å². The molecular weight excluding hydrogens is 450 g/mol. The van der Waals surface area contributed by atoms with Gasteiger partial charge in [-0.15, -0.1) is 5.23 Å². The number of nitrogens with zero attached hydrogens (tertiary/aromatic N) is 5. The van der Waals surface area contributed by atoms with Crippen LogP contribution in [0.15, 0.2) is 78.2 Å². The van der Waals surface area contributed by atoms with Crippen LogP contribution < -0.4 is 20.4 Å². The molecule has 0 aliphatic heterocycles. The van der Waals surface area contributed by atoms with Crippen LogP contribution in [-0.2, 0) is 6.54 Å². The molecule has 1 fully saturated rings. The van der Waals surface area contributed by atoms with E-state index in [9.17, 15) is 4.79 Å². The summed E-state index contributed by atoms with van der Waals surface area (Å²) >= 11 is 0. The van der Waals surface area contributed by atoms with Gasteiger partial charge in [0.25, 0.3) is 0 Å². The number of benzene rings is 2. The summed E-state index contributed by atoms with van der Waals surface area (Å²) in [5.74, 6) is 1.52. The van der Waals surface area contributed by atoms with Gasteiger partial charge in [0.15, 0.2) is 0 Å². The minimum atomic E-state index is -0.166. The van der Waals surface area contributed by atoms with E-state index >= 15 is 0 Å². The van der Waals surface area contributed by atoms with E-state index in [1.165, 1.54) is 25.4 Å². The lowest BCUT2D eigenvalue weighted by Crippen LogP contribution is -2.21. The predicted molar refractivity (Wildman–Crippen MR) is 128 cm³/mol. The number of imidazole rings is 2. The van der Waals surface area contributed by atoms with Crippen molar-refractivity contribution in [2.24, 2.45) is 0 Å². The SMILES string of the molecule is O=c1n(-c2ccc(OCCn3cnc(N(O)O)c3)cc2)ccn1-c1ccc(OC2CCCC2)cc1. The molecule has 0 radical (unpaired) electrons. The first kappa shape index (κ1) is 22.8. The van der Waals surface area contributed by atoms with Crippen molar-refractivity contribution >= 4 is 5.82 Å². The van der Waals surface area contributed by atoms with Crippen molar-refractivity contribution in [3.8, 4) is 22.9 Å². The van der Waals surface area contributed by atoms with Gasteiger partial charge < -0.3 is 14.0 Å². The average molecular weight is 478 g/mol. The maximum absolute atomic E-state index is 13.0. The summed E-state index contributed by atoms with van der Waals surface area (Å²) in [5.41, 5.74) is 1.34. The quantitative estimate of drug-likeness (QED) is 0.353. The average Bonchev–Trinajstić information content (AvgIpc) is 3.62. The highest BCUT2D eigenvalue weighted by Crippen LogP contribution is 2.24. The summed E-state index contributed by atoms with van der Waals surface area (Å²) in [7, 11) is 0. The minimum Gasteiger partial charge on any atom is -0.492 e. The maximum Gasteiger partial charge on any atom is 0.337 e. The lowest BCUT2D eigenvalue weighted by molar-refractivity contribution is 0.0269. The molecular formula is C25H27N5O5. The molecule has 0 bridgehead atoms. The van der Waals surface area contributed by atoms with Crippen molar-refractivity contribution in [3.05, 3.63) is 83.9 Å². The summed E-state index contributed by atoms with van der Waals surface area (Å²) in [6.07, 6.45) is 11.4. The predicted octanol–water partition coefficient (Wildman–Crippen LogP) is 3.81. The van der Waals surface area contributed by atoms with Gasteiger partial charge in [0.1, 0.15) is 18.1 Å². The second-order valence-corrected chi connectivity index (χ2v) is 8.44. The topological polar surface area (TPSA) is 107 Å². The van der Waals surface area contributed by atoms with Crippen molar-refractivity contribution in [1.29, 1.82) is 0 Å². The third-order valence-corrected chi connectivity index (χ3v) is 6.05. The second kappa shape index (κ2) is 10.1. The van der Waals surface area contributed by atoms with Crippen molar-refractivity contribution in [2.75, 3.05) is 11.8 Å². The van der Waals surface area contributed by atoms with E-state index in [4.69, 9.17) is 19.9 Å². The molecule has 0 spiro atoms. The molecule has 10 nitrogen and oxygen atoms in total. The molecule has 5 rings (SSSR count). The smallest absolute Gasteiger partial charge is 0.337 e. The van der Waals surface area contributed by atoms with E-state index in [2.05, 4.69) is 4.98 Å². The zero-order valence-electron chi connectivity index (χ0n) is 19.1. The van der Waals surface area contributed by atoms with Crippen LogP contribution in [0.3, 0.4) is 0 Å². The molecule has 10 heteroatoms. The highest BCUT2D eigenvalue weighted by molar-refractivity contribution is 5.40. The van der Waals surface area contributed by atoms with Crippen LogP contribution in [0.1, 0.15) is 25.7 Å². The van der Waals surface area contributed by atoms with E-state index in [0.29, 0.717) is 25.0 Å². The molecule has 2 heterocycles. The Morgan fingerprint density at radius 3 is 2.09 bits per heavy atom. The Kier molecular flexibility index (Phi) is 6.55. The molecule has 182 valence electrons. The molecule has 35 heavy (non-hydrogen) atoms. The molecule has 2 aromatic carbocycles. The first-order valence-corrected chi connectivity index (χ1v) is 11.6. The molecule has 2 N–H and O–H groups in total. The summed E-state index contributed by atoms with van der Waals surface area (Å²) in [6.45, 7) is 0.845. The van der Waals surface area contributed by atoms with Crippen LogP contribution in [0.4, 0.5) is 5.82 Å². The van der Waals surface area contributed by atoms with Gasteiger partial charge in [0, 0.05) is 12.4 Å². The fraction of sp³-hybridized carbons (Fsp3) is 0.280. The summed E-state index contributed by atoms with van der Waals surface area (Å²) in [5, 5.41) is 17.9. The number of anilines is 1. The van der Waals surface area contributed by atoms with E-state index < -0.39 is 0 Å². The normalized spacial score (nSPS) is 13.8. The first-order valence-electron chi connectivity index (χ1n) is 11.6. The Morgan fingerprint density at radius 2 is 1.51 bits per heavy atom. The van der Waals surface area contributed by atoms with Gasteiger partial charge in [-0.3, -0.25) is 19.5 Å². The Labute approximate surface area is 201 Å². The molecule has 1 saturated carbocycles. The van der Waals surface area contributed by atoms with Crippen molar-refractivity contribution < 1.29 is 19.9 Å². The number of ether oxygens (including phenoxy) is 2. The molecule has 0 amide bonds. The molecule has 1 aliphatic rings. The van der Waals surface area contributed by atoms with Gasteiger partial charge >= 0.3 is 5.69 Å². The van der Waals surface area contributed by atoms with Gasteiger partial charge in [-0.25, -0.2) is 9.78 Å². The Balaban J connectivity index is 1.20. The third-order valence-electron chi connectivity index (χ3n) is 6.05. The summed E-state index contributed by atoms with van der Waals surface area (Å²) < 4.78 is 16.6. The lowest BCUT2D eigenvalue weighted by Gasteiger charge is -2.13. The monoisotopic (exact) mass is 477 g/mol. The van der Waals surface area contributed by atoms with Crippen LogP contribution in [0.5, 0.6) is 11.5 Å². The fourth-order valence-corrected chi connectivity index (χ4v) is 4.20. The highest BCUT2D eigenvalue weighted by Gasteiger charge is 2.16. The van der Waals surface area contributed by atoms with Crippen molar-refractivity contribution in [2.45, 2.75) is 38.3 Å². The largest absolute Gasteiger partial charge is 0.492 e. The van der Waals surface area contributed by atoms with Gasteiger partial charge in [-0.2, -0.15) is 0 Å². The van der Waals surface area contributed by atoms with Gasteiger partial charge in [-0.05, 0) is 74.2 Å². The zero-order valence-corrected chi connectivity index (χ0v) is 19.1. The molecule has 0 atom stereocenters. The van der Waals surface area contributed by atoms with Crippen LogP contribution in [0.2, 0.25) is 0 Å². The number of hydrogen-bond donors (Lipinski definition) is 2. The third kappa shape index (κ3) is 5.23. The lowest BCUT2D eigenvalue weighted by atomic mass is 10.2. The van der Waals surface area contributed by atoms with Crippen LogP contribution in [-0.4, -0.2) is 41.8 Å². The first-order chi connectivity index (χ1) is 17.1. The van der Waals surface area contributed by atoms with E-state index in [0.717, 1.165) is 30.0 Å². The Hall–Kier alpha value is -4.02. The van der Waals surface area contributed by atoms with E-state index in [1.807, 2.05) is 36.4 Å². The number of rotatable bonds is 9. The molecule has 1 aliphatic carbocycles. The van der Waals surface area contributed by atoms with Crippen LogP contribution in [0.25, 0.3) is 11.4 Å². The van der Waals surface area contributed by atoms with Gasteiger partial charge in [0.2, 0.25) is 5.82 Å². The molecule has 4 aromatic rings. The molecule has 0 unspecified atom stereocenters. The molecule has 2 aromatic heterocycles.